The first-order valence-corrected chi connectivity index (χ1v) is 7.36. The highest BCUT2D eigenvalue weighted by molar-refractivity contribution is 5.39. The van der Waals surface area contributed by atoms with E-state index in [9.17, 15) is 4.79 Å². The van der Waals surface area contributed by atoms with Crippen molar-refractivity contribution in [3.63, 3.8) is 0 Å². The number of hydrogen-bond donors (Lipinski definition) is 2. The van der Waals surface area contributed by atoms with Crippen LogP contribution in [0.3, 0.4) is 0 Å². The van der Waals surface area contributed by atoms with E-state index in [-0.39, 0.29) is 5.56 Å². The van der Waals surface area contributed by atoms with Crippen molar-refractivity contribution >= 4 is 11.7 Å². The Kier molecular flexibility index (Phi) is 3.66. The van der Waals surface area contributed by atoms with Crippen molar-refractivity contribution in [2.24, 2.45) is 0 Å². The molecule has 2 aromatic heterocycles. The lowest BCUT2D eigenvalue weighted by atomic mass is 10.1. The van der Waals surface area contributed by atoms with E-state index in [2.05, 4.69) is 39.4 Å². The zero-order chi connectivity index (χ0) is 15.7. The summed E-state index contributed by atoms with van der Waals surface area (Å²) in [5.74, 6) is 0.935. The monoisotopic (exact) mass is 297 g/mol. The van der Waals surface area contributed by atoms with Gasteiger partial charge in [-0.3, -0.25) is 9.89 Å². The Morgan fingerprint density at radius 3 is 2.82 bits per heavy atom. The number of hydrogen-bond acceptors (Lipinski definition) is 4. The number of aromatic nitrogens is 4. The van der Waals surface area contributed by atoms with Crippen molar-refractivity contribution < 1.29 is 0 Å². The fourth-order valence-electron chi connectivity index (χ4n) is 2.55. The second-order valence-corrected chi connectivity index (χ2v) is 5.38. The van der Waals surface area contributed by atoms with Gasteiger partial charge in [-0.25, -0.2) is 4.98 Å². The SMILES string of the molecule is CCc1c(C)nc2nc(NCc3cccc(C)c3)[nH]n2c1=O. The fraction of sp³-hybridized carbons (Fsp3) is 0.312. The molecule has 0 aliphatic carbocycles. The molecule has 3 rings (SSSR count). The highest BCUT2D eigenvalue weighted by atomic mass is 16.1. The van der Waals surface area contributed by atoms with E-state index in [4.69, 9.17) is 0 Å². The maximum absolute atomic E-state index is 12.3. The van der Waals surface area contributed by atoms with Crippen LogP contribution >= 0.6 is 0 Å². The van der Waals surface area contributed by atoms with Gasteiger partial charge in [0.1, 0.15) is 0 Å². The first kappa shape index (κ1) is 14.3. The summed E-state index contributed by atoms with van der Waals surface area (Å²) in [6.07, 6.45) is 0.658. The Balaban J connectivity index is 1.89. The van der Waals surface area contributed by atoms with Crippen LogP contribution in [-0.2, 0) is 13.0 Å². The lowest BCUT2D eigenvalue weighted by Crippen LogP contribution is -2.21. The highest BCUT2D eigenvalue weighted by Crippen LogP contribution is 2.08. The molecule has 2 heterocycles. The molecule has 0 atom stereocenters. The molecule has 0 spiro atoms. The number of rotatable bonds is 4. The van der Waals surface area contributed by atoms with E-state index in [0.29, 0.717) is 30.3 Å². The Labute approximate surface area is 128 Å². The lowest BCUT2D eigenvalue weighted by molar-refractivity contribution is 0.851. The van der Waals surface area contributed by atoms with Crippen LogP contribution in [0.1, 0.15) is 29.3 Å². The standard InChI is InChI=1S/C16H19N5O/c1-4-13-11(3)18-16-19-15(20-21(16)14(13)22)17-9-12-7-5-6-10(2)8-12/h5-8H,4,9H2,1-3H3,(H2,17,18,19,20). The number of aromatic amines is 1. The highest BCUT2D eigenvalue weighted by Gasteiger charge is 2.11. The van der Waals surface area contributed by atoms with Crippen LogP contribution in [0.4, 0.5) is 5.95 Å². The fourth-order valence-corrected chi connectivity index (χ4v) is 2.55. The molecule has 1 aromatic carbocycles. The Bertz CT molecular complexity index is 878. The maximum atomic E-state index is 12.3. The largest absolute Gasteiger partial charge is 0.351 e. The molecule has 0 amide bonds. The van der Waals surface area contributed by atoms with Gasteiger partial charge < -0.3 is 5.32 Å². The van der Waals surface area contributed by atoms with Crippen molar-refractivity contribution in [3.8, 4) is 0 Å². The van der Waals surface area contributed by atoms with Gasteiger partial charge in [0.2, 0.25) is 5.95 Å². The molecule has 114 valence electrons. The number of nitrogens with one attached hydrogen (secondary N) is 2. The van der Waals surface area contributed by atoms with Crippen LogP contribution in [0.5, 0.6) is 0 Å². The van der Waals surface area contributed by atoms with E-state index in [1.807, 2.05) is 26.0 Å². The van der Waals surface area contributed by atoms with E-state index >= 15 is 0 Å². The van der Waals surface area contributed by atoms with Crippen molar-refractivity contribution in [1.82, 2.24) is 19.6 Å². The Hall–Kier alpha value is -2.63. The predicted octanol–water partition coefficient (Wildman–Crippen LogP) is 2.21. The zero-order valence-electron chi connectivity index (χ0n) is 13.0. The summed E-state index contributed by atoms with van der Waals surface area (Å²) >= 11 is 0. The molecule has 0 saturated carbocycles. The number of aryl methyl sites for hydroxylation is 2. The van der Waals surface area contributed by atoms with Gasteiger partial charge in [0.15, 0.2) is 0 Å². The van der Waals surface area contributed by atoms with Gasteiger partial charge in [0, 0.05) is 12.1 Å². The molecular weight excluding hydrogens is 278 g/mol. The third-order valence-corrected chi connectivity index (χ3v) is 3.69. The molecule has 0 fully saturated rings. The van der Waals surface area contributed by atoms with Gasteiger partial charge in [0.25, 0.3) is 11.3 Å². The second-order valence-electron chi connectivity index (χ2n) is 5.38. The molecule has 0 radical (unpaired) electrons. The summed E-state index contributed by atoms with van der Waals surface area (Å²) in [6.45, 7) is 6.49. The van der Waals surface area contributed by atoms with Gasteiger partial charge in [0.05, 0.1) is 5.69 Å². The van der Waals surface area contributed by atoms with Crippen LogP contribution in [0, 0.1) is 13.8 Å². The van der Waals surface area contributed by atoms with Gasteiger partial charge in [-0.2, -0.15) is 9.50 Å². The molecule has 22 heavy (non-hydrogen) atoms. The smallest absolute Gasteiger partial charge is 0.277 e. The van der Waals surface area contributed by atoms with Gasteiger partial charge in [-0.1, -0.05) is 36.8 Å². The van der Waals surface area contributed by atoms with E-state index in [1.165, 1.54) is 10.1 Å². The average molecular weight is 297 g/mol. The minimum atomic E-state index is -0.0823. The number of anilines is 1. The van der Waals surface area contributed by atoms with Crippen molar-refractivity contribution in [1.29, 1.82) is 0 Å². The van der Waals surface area contributed by atoms with E-state index in [1.54, 1.807) is 0 Å². The van der Waals surface area contributed by atoms with E-state index in [0.717, 1.165) is 11.3 Å². The summed E-state index contributed by atoms with van der Waals surface area (Å²) in [4.78, 5) is 21.0. The lowest BCUT2D eigenvalue weighted by Gasteiger charge is -2.03. The van der Waals surface area contributed by atoms with Crippen molar-refractivity contribution in [2.75, 3.05) is 5.32 Å². The van der Waals surface area contributed by atoms with Crippen LogP contribution < -0.4 is 10.9 Å². The first-order chi connectivity index (χ1) is 10.6. The van der Waals surface area contributed by atoms with E-state index < -0.39 is 0 Å². The van der Waals surface area contributed by atoms with Crippen LogP contribution in [-0.4, -0.2) is 19.6 Å². The van der Waals surface area contributed by atoms with Crippen LogP contribution in [0.15, 0.2) is 29.1 Å². The number of nitrogens with zero attached hydrogens (tertiary/aromatic N) is 3. The van der Waals surface area contributed by atoms with Crippen LogP contribution in [0.2, 0.25) is 0 Å². The summed E-state index contributed by atoms with van der Waals surface area (Å²) in [5, 5.41) is 6.17. The molecule has 0 unspecified atom stereocenters. The Morgan fingerprint density at radius 1 is 1.27 bits per heavy atom. The van der Waals surface area contributed by atoms with Gasteiger partial charge in [-0.05, 0) is 25.8 Å². The average Bonchev–Trinajstić information content (AvgIpc) is 2.89. The molecule has 3 aromatic rings. The minimum absolute atomic E-state index is 0.0823. The summed E-state index contributed by atoms with van der Waals surface area (Å²) in [6, 6.07) is 8.24. The summed E-state index contributed by atoms with van der Waals surface area (Å²) in [7, 11) is 0. The molecule has 0 aliphatic rings. The number of H-pyrrole nitrogens is 1. The zero-order valence-corrected chi connectivity index (χ0v) is 13.0. The molecule has 0 bridgehead atoms. The van der Waals surface area contributed by atoms with Crippen LogP contribution in [0.25, 0.3) is 5.78 Å². The second kappa shape index (κ2) is 5.63. The topological polar surface area (TPSA) is 75.1 Å². The predicted molar refractivity (Wildman–Crippen MR) is 86.2 cm³/mol. The van der Waals surface area contributed by atoms with Crippen molar-refractivity contribution in [2.45, 2.75) is 33.7 Å². The molecule has 0 aliphatic heterocycles. The molecule has 6 heteroatoms. The first-order valence-electron chi connectivity index (χ1n) is 7.36. The summed E-state index contributed by atoms with van der Waals surface area (Å²) < 4.78 is 1.39. The van der Waals surface area contributed by atoms with Gasteiger partial charge in [-0.15, -0.1) is 0 Å². The molecular formula is C16H19N5O. The normalized spacial score (nSPS) is 11.0. The summed E-state index contributed by atoms with van der Waals surface area (Å²) in [5.41, 5.74) is 3.74. The molecule has 0 saturated heterocycles. The Morgan fingerprint density at radius 2 is 2.09 bits per heavy atom. The number of fused-ring (bicyclic) bond motifs is 1. The molecule has 6 nitrogen and oxygen atoms in total. The van der Waals surface area contributed by atoms with Crippen molar-refractivity contribution in [3.05, 3.63) is 57.0 Å². The van der Waals surface area contributed by atoms with Gasteiger partial charge >= 0.3 is 0 Å². The quantitative estimate of drug-likeness (QED) is 0.774. The third-order valence-electron chi connectivity index (χ3n) is 3.69. The third kappa shape index (κ3) is 2.59. The minimum Gasteiger partial charge on any atom is -0.351 e. The number of benzene rings is 1. The molecule has 2 N–H and O–H groups in total. The maximum Gasteiger partial charge on any atom is 0.277 e.